The van der Waals surface area contributed by atoms with E-state index in [2.05, 4.69) is 18.7 Å². The Hall–Kier alpha value is -2.02. The van der Waals surface area contributed by atoms with Crippen molar-refractivity contribution in [2.24, 2.45) is 0 Å². The van der Waals surface area contributed by atoms with Gasteiger partial charge < -0.3 is 23.7 Å². The molecular weight excluding hydrogens is 380 g/mol. The van der Waals surface area contributed by atoms with Gasteiger partial charge in [0.2, 0.25) is 0 Å². The molecule has 160 valence electrons. The second kappa shape index (κ2) is 10.3. The summed E-state index contributed by atoms with van der Waals surface area (Å²) in [7, 11) is 1.63. The van der Waals surface area contributed by atoms with Gasteiger partial charge in [0.15, 0.2) is 6.29 Å². The van der Waals surface area contributed by atoms with E-state index in [1.165, 1.54) is 5.56 Å². The normalized spacial score (nSPS) is 28.8. The van der Waals surface area contributed by atoms with Crippen LogP contribution in [-0.2, 0) is 36.9 Å². The van der Waals surface area contributed by atoms with Crippen LogP contribution in [0.5, 0.6) is 0 Å². The minimum atomic E-state index is -0.465. The Bertz CT molecular complexity index is 794. The van der Waals surface area contributed by atoms with E-state index in [1.807, 2.05) is 48.5 Å². The lowest BCUT2D eigenvalue weighted by molar-refractivity contribution is -0.158. The molecule has 0 unspecified atom stereocenters. The summed E-state index contributed by atoms with van der Waals surface area (Å²) in [4.78, 5) is 0. The summed E-state index contributed by atoms with van der Waals surface area (Å²) < 4.78 is 29.9. The summed E-state index contributed by atoms with van der Waals surface area (Å²) in [5, 5.41) is 0. The maximum atomic E-state index is 6.28. The second-order valence-corrected chi connectivity index (χ2v) is 7.84. The molecule has 2 heterocycles. The third-order valence-corrected chi connectivity index (χ3v) is 5.66. The Morgan fingerprint density at radius 1 is 0.900 bits per heavy atom. The summed E-state index contributed by atoms with van der Waals surface area (Å²) in [5.74, 6) is 0. The molecule has 4 rings (SSSR count). The van der Waals surface area contributed by atoms with Crippen molar-refractivity contribution in [1.82, 2.24) is 0 Å². The maximum Gasteiger partial charge on any atom is 0.182 e. The zero-order valence-electron chi connectivity index (χ0n) is 17.4. The highest BCUT2D eigenvalue weighted by atomic mass is 16.7. The Kier molecular flexibility index (Phi) is 7.31. The van der Waals surface area contributed by atoms with Gasteiger partial charge in [0.1, 0.15) is 12.2 Å². The lowest BCUT2D eigenvalue weighted by Gasteiger charge is -2.25. The second-order valence-electron chi connectivity index (χ2n) is 7.84. The van der Waals surface area contributed by atoms with E-state index in [0.29, 0.717) is 19.8 Å². The smallest absolute Gasteiger partial charge is 0.182 e. The fraction of sp³-hybridized carbons (Fsp3) is 0.440. The zero-order chi connectivity index (χ0) is 20.8. The van der Waals surface area contributed by atoms with E-state index in [4.69, 9.17) is 23.7 Å². The Morgan fingerprint density at radius 2 is 1.57 bits per heavy atom. The van der Waals surface area contributed by atoms with E-state index in [-0.39, 0.29) is 24.4 Å². The van der Waals surface area contributed by atoms with Crippen molar-refractivity contribution in [3.05, 3.63) is 83.9 Å². The van der Waals surface area contributed by atoms with Crippen molar-refractivity contribution >= 4 is 0 Å². The van der Waals surface area contributed by atoms with Crippen LogP contribution in [-0.4, -0.2) is 44.4 Å². The molecule has 2 aliphatic rings. The average Bonchev–Trinajstić information content (AvgIpc) is 3.38. The molecule has 2 aromatic carbocycles. The van der Waals surface area contributed by atoms with Gasteiger partial charge in [-0.25, -0.2) is 0 Å². The average molecular weight is 411 g/mol. The van der Waals surface area contributed by atoms with Crippen LogP contribution in [0.2, 0.25) is 0 Å². The van der Waals surface area contributed by atoms with Crippen molar-refractivity contribution in [3.8, 4) is 0 Å². The fourth-order valence-electron chi connectivity index (χ4n) is 4.08. The van der Waals surface area contributed by atoms with Crippen molar-refractivity contribution in [3.63, 3.8) is 0 Å². The van der Waals surface area contributed by atoms with Crippen molar-refractivity contribution in [2.45, 2.75) is 56.8 Å². The lowest BCUT2D eigenvalue weighted by atomic mass is 10.0. The highest BCUT2D eigenvalue weighted by Crippen LogP contribution is 2.36. The van der Waals surface area contributed by atoms with Crippen molar-refractivity contribution in [2.75, 3.05) is 13.7 Å². The Labute approximate surface area is 178 Å². The predicted molar refractivity (Wildman–Crippen MR) is 114 cm³/mol. The van der Waals surface area contributed by atoms with E-state index < -0.39 is 6.29 Å². The molecule has 0 radical (unpaired) electrons. The molecule has 2 aliphatic heterocycles. The van der Waals surface area contributed by atoms with Gasteiger partial charge in [-0.05, 0) is 24.0 Å². The molecule has 5 nitrogen and oxygen atoms in total. The first-order valence-corrected chi connectivity index (χ1v) is 10.5. The van der Waals surface area contributed by atoms with Gasteiger partial charge in [0.25, 0.3) is 0 Å². The fourth-order valence-corrected chi connectivity index (χ4v) is 4.08. The van der Waals surface area contributed by atoms with Gasteiger partial charge >= 0.3 is 0 Å². The van der Waals surface area contributed by atoms with Gasteiger partial charge in [0.05, 0.1) is 32.0 Å². The molecule has 0 bridgehead atoms. The molecule has 2 fully saturated rings. The molecule has 0 saturated carbocycles. The molecule has 2 aromatic rings. The molecule has 0 aliphatic carbocycles. The number of hydrogen-bond donors (Lipinski definition) is 0. The first-order valence-electron chi connectivity index (χ1n) is 10.5. The number of ether oxygens (including phenoxy) is 5. The topological polar surface area (TPSA) is 46.2 Å². The minimum absolute atomic E-state index is 0.0620. The van der Waals surface area contributed by atoms with E-state index in [1.54, 1.807) is 7.11 Å². The molecule has 5 heteroatoms. The number of hydrogen-bond acceptors (Lipinski definition) is 5. The van der Waals surface area contributed by atoms with Crippen LogP contribution in [0.15, 0.2) is 72.8 Å². The Morgan fingerprint density at radius 3 is 2.23 bits per heavy atom. The van der Waals surface area contributed by atoms with Gasteiger partial charge in [-0.1, -0.05) is 67.2 Å². The predicted octanol–water partition coefficient (Wildman–Crippen LogP) is 4.26. The van der Waals surface area contributed by atoms with Gasteiger partial charge in [-0.3, -0.25) is 0 Å². The summed E-state index contributed by atoms with van der Waals surface area (Å²) in [6, 6.07) is 20.3. The van der Waals surface area contributed by atoms with Gasteiger partial charge in [0, 0.05) is 12.7 Å². The molecule has 0 N–H and O–H groups in total. The van der Waals surface area contributed by atoms with Crippen LogP contribution in [0, 0.1) is 0 Å². The van der Waals surface area contributed by atoms with Crippen LogP contribution < -0.4 is 0 Å². The third-order valence-electron chi connectivity index (χ3n) is 5.66. The maximum absolute atomic E-state index is 6.28. The van der Waals surface area contributed by atoms with E-state index in [9.17, 15) is 0 Å². The SMILES string of the molecule is C=C1[C@H](OC)O[C@H]([C@@H]2CC[C@H](COCc3ccccc3)O2)[C@@H]1OCc1ccccc1. The van der Waals surface area contributed by atoms with Crippen LogP contribution in [0.1, 0.15) is 24.0 Å². The molecule has 0 aromatic heterocycles. The molecule has 30 heavy (non-hydrogen) atoms. The van der Waals surface area contributed by atoms with Crippen LogP contribution in [0.25, 0.3) is 0 Å². The lowest BCUT2D eigenvalue weighted by Crippen LogP contribution is -2.37. The first-order chi connectivity index (χ1) is 14.7. The van der Waals surface area contributed by atoms with Crippen LogP contribution >= 0.6 is 0 Å². The number of methoxy groups -OCH3 is 1. The van der Waals surface area contributed by atoms with Crippen LogP contribution in [0.3, 0.4) is 0 Å². The molecule has 2 saturated heterocycles. The van der Waals surface area contributed by atoms with Gasteiger partial charge in [-0.15, -0.1) is 0 Å². The highest BCUT2D eigenvalue weighted by molar-refractivity contribution is 5.18. The minimum Gasteiger partial charge on any atom is -0.374 e. The third kappa shape index (κ3) is 5.17. The van der Waals surface area contributed by atoms with E-state index >= 15 is 0 Å². The highest BCUT2D eigenvalue weighted by Gasteiger charge is 2.46. The largest absolute Gasteiger partial charge is 0.374 e. The van der Waals surface area contributed by atoms with Gasteiger partial charge in [-0.2, -0.15) is 0 Å². The quantitative estimate of drug-likeness (QED) is 0.578. The van der Waals surface area contributed by atoms with Crippen molar-refractivity contribution < 1.29 is 23.7 Å². The molecule has 0 spiro atoms. The van der Waals surface area contributed by atoms with Crippen LogP contribution in [0.4, 0.5) is 0 Å². The van der Waals surface area contributed by atoms with Crippen molar-refractivity contribution in [1.29, 1.82) is 0 Å². The summed E-state index contributed by atoms with van der Waals surface area (Å²) in [6.07, 6.45) is 0.885. The summed E-state index contributed by atoms with van der Waals surface area (Å²) >= 11 is 0. The molecular formula is C25H30O5. The summed E-state index contributed by atoms with van der Waals surface area (Å²) in [6.45, 7) is 5.83. The summed E-state index contributed by atoms with van der Waals surface area (Å²) in [5.41, 5.74) is 3.09. The van der Waals surface area contributed by atoms with E-state index in [0.717, 1.165) is 24.0 Å². The monoisotopic (exact) mass is 410 g/mol. The molecule has 0 amide bonds. The first kappa shape index (κ1) is 21.2. The number of rotatable bonds is 9. The Balaban J connectivity index is 1.31. The standard InChI is InChI=1S/C25H30O5/c1-18-23(28-16-20-11-7-4-8-12-20)24(30-25(18)26-2)22-14-13-21(29-22)17-27-15-19-9-5-3-6-10-19/h3-12,21-25H,1,13-17H2,2H3/t21-,22+,23-,24-,25-/m1/s1. The molecule has 5 atom stereocenters. The number of benzene rings is 2. The zero-order valence-corrected chi connectivity index (χ0v) is 17.4.